The molecule has 0 atom stereocenters. The normalized spacial score (nSPS) is 13.1. The molecule has 224 valence electrons. The molecule has 9 rings (SSSR count). The highest BCUT2D eigenvalue weighted by Crippen LogP contribution is 2.50. The number of aromatic nitrogens is 4. The van der Waals surface area contributed by atoms with Crippen LogP contribution >= 0.6 is 12.2 Å². The highest BCUT2D eigenvalue weighted by molar-refractivity contribution is 7.71. The molecule has 2 aromatic heterocycles. The van der Waals surface area contributed by atoms with Gasteiger partial charge in [-0.1, -0.05) is 105 Å². The number of rotatable bonds is 4. The Morgan fingerprint density at radius 2 is 1.17 bits per heavy atom. The van der Waals surface area contributed by atoms with Crippen molar-refractivity contribution in [3.05, 3.63) is 161 Å². The predicted octanol–water partition coefficient (Wildman–Crippen LogP) is 10.7. The largest absolute Gasteiger partial charge is 0.309 e. The molecule has 8 aromatic rings. The number of benzene rings is 6. The maximum Gasteiger partial charge on any atom is 0.207 e. The first-order valence-corrected chi connectivity index (χ1v) is 16.3. The smallest absolute Gasteiger partial charge is 0.207 e. The van der Waals surface area contributed by atoms with E-state index in [4.69, 9.17) is 22.2 Å². The van der Waals surface area contributed by atoms with Crippen molar-refractivity contribution >= 4 is 34.0 Å². The molecule has 0 spiro atoms. The number of para-hydroxylation sites is 2. The molecular formula is C42H30N4S. The van der Waals surface area contributed by atoms with Gasteiger partial charge in [-0.3, -0.25) is 4.57 Å². The first-order chi connectivity index (χ1) is 23.0. The molecule has 6 aromatic carbocycles. The van der Waals surface area contributed by atoms with Crippen LogP contribution < -0.4 is 0 Å². The second-order valence-electron chi connectivity index (χ2n) is 12.7. The fourth-order valence-corrected chi connectivity index (χ4v) is 7.61. The van der Waals surface area contributed by atoms with Crippen LogP contribution in [0.3, 0.4) is 0 Å². The van der Waals surface area contributed by atoms with Crippen LogP contribution in [0.1, 0.15) is 25.0 Å². The molecule has 1 aliphatic rings. The summed E-state index contributed by atoms with van der Waals surface area (Å²) in [5, 5.41) is 2.51. The van der Waals surface area contributed by atoms with Crippen LogP contribution in [0.25, 0.3) is 67.1 Å². The molecule has 47 heavy (non-hydrogen) atoms. The van der Waals surface area contributed by atoms with Crippen molar-refractivity contribution in [3.63, 3.8) is 0 Å². The van der Waals surface area contributed by atoms with Crippen LogP contribution in [0.4, 0.5) is 0 Å². The standard InChI is InChI=1S/C42H30N4S/c1-42(2)35-19-11-9-17-31(35)33-25-34-32-18-10-12-20-37(32)45(38(34)26-36(33)42)30-23-21-27(22-24-30)39-43-40(28-13-5-3-6-14-28)46(41(47)44-39)29-15-7-4-8-16-29/h3-26H,1-2H3. The van der Waals surface area contributed by atoms with Gasteiger partial charge in [-0.25, -0.2) is 4.98 Å². The Balaban J connectivity index is 1.20. The van der Waals surface area contributed by atoms with E-state index in [1.165, 1.54) is 44.1 Å². The maximum atomic E-state index is 5.90. The third-order valence-corrected chi connectivity index (χ3v) is 9.90. The zero-order valence-electron chi connectivity index (χ0n) is 26.1. The monoisotopic (exact) mass is 622 g/mol. The summed E-state index contributed by atoms with van der Waals surface area (Å²) in [7, 11) is 0. The van der Waals surface area contributed by atoms with Crippen molar-refractivity contribution in [2.75, 3.05) is 0 Å². The third-order valence-electron chi connectivity index (χ3n) is 9.62. The Bertz CT molecular complexity index is 2540. The summed E-state index contributed by atoms with van der Waals surface area (Å²) in [5.74, 6) is 1.36. The van der Waals surface area contributed by atoms with Gasteiger partial charge in [0.2, 0.25) is 4.77 Å². The summed E-state index contributed by atoms with van der Waals surface area (Å²) >= 11 is 5.90. The summed E-state index contributed by atoms with van der Waals surface area (Å²) in [6, 6.07) is 51.1. The van der Waals surface area contributed by atoms with Gasteiger partial charge in [0.05, 0.1) is 11.0 Å². The zero-order chi connectivity index (χ0) is 31.7. The lowest BCUT2D eigenvalue weighted by molar-refractivity contribution is 0.661. The van der Waals surface area contributed by atoms with E-state index >= 15 is 0 Å². The highest BCUT2D eigenvalue weighted by atomic mass is 32.1. The average molecular weight is 623 g/mol. The Hall–Kier alpha value is -5.65. The van der Waals surface area contributed by atoms with Crippen LogP contribution in [-0.4, -0.2) is 19.1 Å². The van der Waals surface area contributed by atoms with Gasteiger partial charge in [0.15, 0.2) is 5.82 Å². The van der Waals surface area contributed by atoms with E-state index < -0.39 is 0 Å². The van der Waals surface area contributed by atoms with Crippen LogP contribution in [0.5, 0.6) is 0 Å². The molecule has 1 aliphatic carbocycles. The minimum atomic E-state index is -0.0785. The lowest BCUT2D eigenvalue weighted by Gasteiger charge is -2.21. The van der Waals surface area contributed by atoms with Crippen LogP contribution in [-0.2, 0) is 5.41 Å². The average Bonchev–Trinajstić information content (AvgIpc) is 3.56. The minimum Gasteiger partial charge on any atom is -0.309 e. The van der Waals surface area contributed by atoms with Crippen LogP contribution in [0.2, 0.25) is 0 Å². The molecule has 5 heteroatoms. The molecule has 0 radical (unpaired) electrons. The van der Waals surface area contributed by atoms with Crippen molar-refractivity contribution in [2.45, 2.75) is 19.3 Å². The lowest BCUT2D eigenvalue weighted by Crippen LogP contribution is -2.14. The second kappa shape index (κ2) is 10.4. The van der Waals surface area contributed by atoms with Gasteiger partial charge in [0.25, 0.3) is 0 Å². The van der Waals surface area contributed by atoms with Gasteiger partial charge in [-0.2, -0.15) is 4.98 Å². The molecular weight excluding hydrogens is 593 g/mol. The Morgan fingerprint density at radius 3 is 1.96 bits per heavy atom. The summed E-state index contributed by atoms with van der Waals surface area (Å²) < 4.78 is 4.79. The van der Waals surface area contributed by atoms with Gasteiger partial charge in [-0.15, -0.1) is 0 Å². The number of hydrogen-bond acceptors (Lipinski definition) is 3. The first kappa shape index (κ1) is 27.6. The van der Waals surface area contributed by atoms with E-state index in [1.807, 2.05) is 53.1 Å². The van der Waals surface area contributed by atoms with E-state index in [2.05, 4.69) is 115 Å². The van der Waals surface area contributed by atoms with E-state index in [0.717, 1.165) is 28.3 Å². The van der Waals surface area contributed by atoms with Crippen molar-refractivity contribution in [3.8, 4) is 45.3 Å². The fraction of sp³-hybridized carbons (Fsp3) is 0.0714. The number of nitrogens with zero attached hydrogens (tertiary/aromatic N) is 4. The molecule has 0 bridgehead atoms. The summed E-state index contributed by atoms with van der Waals surface area (Å²) in [6.07, 6.45) is 0. The topological polar surface area (TPSA) is 35.6 Å². The van der Waals surface area contributed by atoms with Gasteiger partial charge < -0.3 is 4.57 Å². The molecule has 2 heterocycles. The number of fused-ring (bicyclic) bond motifs is 6. The van der Waals surface area contributed by atoms with Gasteiger partial charge in [-0.05, 0) is 89.1 Å². The summed E-state index contributed by atoms with van der Waals surface area (Å²) in [5.41, 5.74) is 11.6. The lowest BCUT2D eigenvalue weighted by atomic mass is 9.82. The zero-order valence-corrected chi connectivity index (χ0v) is 26.9. The van der Waals surface area contributed by atoms with Crippen LogP contribution in [0.15, 0.2) is 146 Å². The van der Waals surface area contributed by atoms with E-state index in [0.29, 0.717) is 10.6 Å². The SMILES string of the molecule is CC1(C)c2ccccc2-c2cc3c4ccccc4n(-c4ccc(-c5nc(-c6ccccc6)n(-c6ccccc6)c(=S)n5)cc4)c3cc21. The molecule has 0 N–H and O–H groups in total. The second-order valence-corrected chi connectivity index (χ2v) is 13.0. The van der Waals surface area contributed by atoms with Crippen molar-refractivity contribution in [1.82, 2.24) is 19.1 Å². The molecule has 0 fully saturated rings. The first-order valence-electron chi connectivity index (χ1n) is 15.9. The van der Waals surface area contributed by atoms with E-state index in [1.54, 1.807) is 0 Å². The van der Waals surface area contributed by atoms with Crippen molar-refractivity contribution < 1.29 is 0 Å². The van der Waals surface area contributed by atoms with Gasteiger partial charge in [0, 0.05) is 38.7 Å². The fourth-order valence-electron chi connectivity index (χ4n) is 7.33. The van der Waals surface area contributed by atoms with Crippen molar-refractivity contribution in [1.29, 1.82) is 0 Å². The number of hydrogen-bond donors (Lipinski definition) is 0. The predicted molar refractivity (Wildman–Crippen MR) is 195 cm³/mol. The van der Waals surface area contributed by atoms with Crippen LogP contribution in [0, 0.1) is 4.77 Å². The minimum absolute atomic E-state index is 0.0785. The molecule has 0 unspecified atom stereocenters. The Morgan fingerprint density at radius 1 is 0.511 bits per heavy atom. The Labute approximate surface area is 278 Å². The summed E-state index contributed by atoms with van der Waals surface area (Å²) in [6.45, 7) is 4.67. The molecule has 4 nitrogen and oxygen atoms in total. The molecule has 0 saturated carbocycles. The Kier molecular flexibility index (Phi) is 6.14. The van der Waals surface area contributed by atoms with Gasteiger partial charge in [0.1, 0.15) is 5.82 Å². The molecule has 0 saturated heterocycles. The van der Waals surface area contributed by atoms with Gasteiger partial charge >= 0.3 is 0 Å². The molecule has 0 amide bonds. The maximum absolute atomic E-state index is 5.90. The quantitative estimate of drug-likeness (QED) is 0.183. The molecule has 0 aliphatic heterocycles. The van der Waals surface area contributed by atoms with E-state index in [-0.39, 0.29) is 5.41 Å². The van der Waals surface area contributed by atoms with E-state index in [9.17, 15) is 0 Å². The highest BCUT2D eigenvalue weighted by Gasteiger charge is 2.36. The summed E-state index contributed by atoms with van der Waals surface area (Å²) in [4.78, 5) is 9.93. The third kappa shape index (κ3) is 4.24. The van der Waals surface area contributed by atoms with Crippen molar-refractivity contribution in [2.24, 2.45) is 0 Å².